The number of amides is 3. The first-order valence-corrected chi connectivity index (χ1v) is 15.7. The number of hydrogen-bond donors (Lipinski definition) is 3. The summed E-state index contributed by atoms with van der Waals surface area (Å²) >= 11 is 1.31. The Labute approximate surface area is 272 Å². The lowest BCUT2D eigenvalue weighted by molar-refractivity contribution is -0.384. The van der Waals surface area contributed by atoms with Crippen molar-refractivity contribution in [1.29, 1.82) is 0 Å². The van der Waals surface area contributed by atoms with Gasteiger partial charge in [0.1, 0.15) is 5.70 Å². The SMILES string of the molecule is CCC(Sc1cccc(NC(=O)/C(=C\c2ccc(C(C)C)cc2)NC(=O)c2ccccc2)c1)C(=O)Nc1cc([N+](=O)[O-])ccc1C. The van der Waals surface area contributed by atoms with Gasteiger partial charge in [-0.25, -0.2) is 0 Å². The lowest BCUT2D eigenvalue weighted by atomic mass is 10.0. The maximum atomic E-state index is 13.6. The van der Waals surface area contributed by atoms with Crippen LogP contribution in [0, 0.1) is 17.0 Å². The van der Waals surface area contributed by atoms with Gasteiger partial charge >= 0.3 is 0 Å². The summed E-state index contributed by atoms with van der Waals surface area (Å²) in [5, 5.41) is 19.2. The third kappa shape index (κ3) is 9.15. The lowest BCUT2D eigenvalue weighted by Crippen LogP contribution is -2.30. The third-order valence-corrected chi connectivity index (χ3v) is 8.52. The summed E-state index contributed by atoms with van der Waals surface area (Å²) in [5.41, 5.74) is 3.87. The van der Waals surface area contributed by atoms with E-state index in [1.807, 2.05) is 43.3 Å². The molecule has 0 aliphatic heterocycles. The molecule has 236 valence electrons. The topological polar surface area (TPSA) is 130 Å². The number of carbonyl (C=O) groups is 3. The number of rotatable bonds is 12. The van der Waals surface area contributed by atoms with Crippen molar-refractivity contribution in [2.75, 3.05) is 10.6 Å². The van der Waals surface area contributed by atoms with Crippen molar-refractivity contribution in [3.63, 3.8) is 0 Å². The Morgan fingerprint density at radius 3 is 2.26 bits per heavy atom. The van der Waals surface area contributed by atoms with Crippen LogP contribution in [-0.4, -0.2) is 27.9 Å². The van der Waals surface area contributed by atoms with Gasteiger partial charge in [-0.3, -0.25) is 24.5 Å². The van der Waals surface area contributed by atoms with E-state index in [-0.39, 0.29) is 17.3 Å². The first-order valence-electron chi connectivity index (χ1n) is 14.9. The molecule has 0 fully saturated rings. The highest BCUT2D eigenvalue weighted by Crippen LogP contribution is 2.30. The fraction of sp³-hybridized carbons (Fsp3) is 0.194. The van der Waals surface area contributed by atoms with Crippen LogP contribution < -0.4 is 16.0 Å². The molecule has 3 N–H and O–H groups in total. The van der Waals surface area contributed by atoms with E-state index in [1.54, 1.807) is 61.5 Å². The first-order chi connectivity index (χ1) is 22.0. The van der Waals surface area contributed by atoms with E-state index in [9.17, 15) is 24.5 Å². The highest BCUT2D eigenvalue weighted by Gasteiger charge is 2.21. The number of nitrogens with zero attached hydrogens (tertiary/aromatic N) is 1. The van der Waals surface area contributed by atoms with E-state index in [2.05, 4.69) is 29.8 Å². The highest BCUT2D eigenvalue weighted by molar-refractivity contribution is 8.00. The number of non-ortho nitro benzene ring substituents is 1. The average Bonchev–Trinajstić information content (AvgIpc) is 3.04. The Bertz CT molecular complexity index is 1750. The van der Waals surface area contributed by atoms with Crippen LogP contribution in [0.2, 0.25) is 0 Å². The molecule has 3 amide bonds. The number of nitro groups is 1. The highest BCUT2D eigenvalue weighted by atomic mass is 32.2. The molecule has 4 aromatic rings. The molecule has 1 atom stereocenters. The van der Waals surface area contributed by atoms with E-state index < -0.39 is 22.0 Å². The van der Waals surface area contributed by atoms with Crippen molar-refractivity contribution in [3.8, 4) is 0 Å². The molecule has 0 saturated carbocycles. The summed E-state index contributed by atoms with van der Waals surface area (Å²) in [6.45, 7) is 7.85. The van der Waals surface area contributed by atoms with Crippen molar-refractivity contribution < 1.29 is 19.3 Å². The van der Waals surface area contributed by atoms with Gasteiger partial charge in [-0.05, 0) is 72.4 Å². The second-order valence-electron chi connectivity index (χ2n) is 10.9. The molecule has 46 heavy (non-hydrogen) atoms. The van der Waals surface area contributed by atoms with Crippen molar-refractivity contribution in [3.05, 3.63) is 135 Å². The van der Waals surface area contributed by atoms with Gasteiger partial charge in [0.05, 0.1) is 15.9 Å². The van der Waals surface area contributed by atoms with Crippen LogP contribution in [-0.2, 0) is 9.59 Å². The molecule has 10 heteroatoms. The second kappa shape index (κ2) is 15.7. The Balaban J connectivity index is 1.51. The summed E-state index contributed by atoms with van der Waals surface area (Å²) in [7, 11) is 0. The fourth-order valence-electron chi connectivity index (χ4n) is 4.49. The molecule has 0 radical (unpaired) electrons. The van der Waals surface area contributed by atoms with Crippen LogP contribution in [0.15, 0.2) is 108 Å². The maximum Gasteiger partial charge on any atom is 0.272 e. The number of anilines is 2. The van der Waals surface area contributed by atoms with Gasteiger partial charge in [0.15, 0.2) is 0 Å². The predicted octanol–water partition coefficient (Wildman–Crippen LogP) is 7.95. The number of hydrogen-bond acceptors (Lipinski definition) is 6. The normalized spacial score (nSPS) is 11.9. The molecule has 0 spiro atoms. The van der Waals surface area contributed by atoms with Crippen LogP contribution in [0.3, 0.4) is 0 Å². The summed E-state index contributed by atoms with van der Waals surface area (Å²) in [5.74, 6) is -0.861. The van der Waals surface area contributed by atoms with Crippen molar-refractivity contribution in [1.82, 2.24) is 5.32 Å². The second-order valence-corrected chi connectivity index (χ2v) is 12.2. The Morgan fingerprint density at radius 2 is 1.61 bits per heavy atom. The molecule has 0 aliphatic carbocycles. The van der Waals surface area contributed by atoms with Crippen molar-refractivity contribution in [2.24, 2.45) is 0 Å². The monoisotopic (exact) mass is 636 g/mol. The first kappa shape index (κ1) is 33.7. The van der Waals surface area contributed by atoms with Gasteiger partial charge in [0.25, 0.3) is 17.5 Å². The van der Waals surface area contributed by atoms with Gasteiger partial charge in [-0.15, -0.1) is 11.8 Å². The summed E-state index contributed by atoms with van der Waals surface area (Å²) < 4.78 is 0. The van der Waals surface area contributed by atoms with Crippen LogP contribution in [0.25, 0.3) is 6.08 Å². The maximum absolute atomic E-state index is 13.6. The van der Waals surface area contributed by atoms with Crippen LogP contribution in [0.1, 0.15) is 60.2 Å². The number of thioether (sulfide) groups is 1. The Kier molecular flexibility index (Phi) is 11.5. The molecule has 0 saturated heterocycles. The van der Waals surface area contributed by atoms with E-state index >= 15 is 0 Å². The largest absolute Gasteiger partial charge is 0.325 e. The predicted molar refractivity (Wildman–Crippen MR) is 184 cm³/mol. The molecule has 4 aromatic carbocycles. The van der Waals surface area contributed by atoms with Gasteiger partial charge in [0.2, 0.25) is 5.91 Å². The zero-order chi connectivity index (χ0) is 33.2. The molecule has 0 bridgehead atoms. The summed E-state index contributed by atoms with van der Waals surface area (Å²) in [6, 6.07) is 27.9. The average molecular weight is 637 g/mol. The Morgan fingerprint density at radius 1 is 0.891 bits per heavy atom. The number of carbonyl (C=O) groups excluding carboxylic acids is 3. The van der Waals surface area contributed by atoms with E-state index in [4.69, 9.17) is 0 Å². The molecular weight excluding hydrogens is 600 g/mol. The summed E-state index contributed by atoms with van der Waals surface area (Å²) in [4.78, 5) is 51.2. The van der Waals surface area contributed by atoms with E-state index in [0.29, 0.717) is 34.8 Å². The molecule has 9 nitrogen and oxygen atoms in total. The smallest absolute Gasteiger partial charge is 0.272 e. The minimum atomic E-state index is -0.509. The number of benzene rings is 4. The molecular formula is C36H36N4O5S. The minimum absolute atomic E-state index is 0.0716. The number of nitrogens with one attached hydrogen (secondary N) is 3. The van der Waals surface area contributed by atoms with Crippen LogP contribution in [0.4, 0.5) is 17.1 Å². The van der Waals surface area contributed by atoms with Gasteiger partial charge < -0.3 is 16.0 Å². The van der Waals surface area contributed by atoms with Gasteiger partial charge in [-0.2, -0.15) is 0 Å². The zero-order valence-electron chi connectivity index (χ0n) is 26.1. The van der Waals surface area contributed by atoms with Crippen molar-refractivity contribution in [2.45, 2.75) is 50.2 Å². The Hall–Kier alpha value is -5.22. The molecule has 0 heterocycles. The van der Waals surface area contributed by atoms with E-state index in [1.165, 1.54) is 23.9 Å². The lowest BCUT2D eigenvalue weighted by Gasteiger charge is -2.17. The van der Waals surface area contributed by atoms with Crippen LogP contribution in [0.5, 0.6) is 0 Å². The third-order valence-electron chi connectivity index (χ3n) is 7.17. The van der Waals surface area contributed by atoms with E-state index in [0.717, 1.165) is 16.0 Å². The summed E-state index contributed by atoms with van der Waals surface area (Å²) in [6.07, 6.45) is 2.13. The zero-order valence-corrected chi connectivity index (χ0v) is 26.9. The van der Waals surface area contributed by atoms with Crippen LogP contribution >= 0.6 is 11.8 Å². The fourth-order valence-corrected chi connectivity index (χ4v) is 5.50. The van der Waals surface area contributed by atoms with Gasteiger partial charge in [0, 0.05) is 28.3 Å². The number of aryl methyl sites for hydroxylation is 1. The molecule has 0 aliphatic rings. The molecule has 4 rings (SSSR count). The quantitative estimate of drug-likeness (QED) is 0.0626. The van der Waals surface area contributed by atoms with Gasteiger partial charge in [-0.1, -0.05) is 75.4 Å². The van der Waals surface area contributed by atoms with Crippen molar-refractivity contribution >= 4 is 52.6 Å². The standard InChI is InChI=1S/C36H36N4O5S/c1-5-33(36(43)38-31-22-29(40(44)45)19-14-24(31)4)46-30-13-9-12-28(21-30)37-35(42)32(39-34(41)27-10-7-6-8-11-27)20-25-15-17-26(18-16-25)23(2)3/h6-23,33H,5H2,1-4H3,(H,37,42)(H,38,43)(H,39,41)/b32-20+. The minimum Gasteiger partial charge on any atom is -0.325 e. The molecule has 0 aromatic heterocycles. The number of nitro benzene ring substituents is 1. The molecule has 1 unspecified atom stereocenters.